The van der Waals surface area contributed by atoms with Crippen LogP contribution in [0.15, 0.2) is 54.9 Å². The molecular weight excluding hydrogens is 320 g/mol. The topological polar surface area (TPSA) is 29.0 Å². The third kappa shape index (κ3) is 3.28. The molecule has 126 valence electrons. The van der Waals surface area contributed by atoms with Gasteiger partial charge in [-0.15, -0.1) is 0 Å². The molecule has 1 aliphatic heterocycles. The van der Waals surface area contributed by atoms with Gasteiger partial charge in [-0.05, 0) is 24.1 Å². The normalized spacial score (nSPS) is 14.3. The molecule has 0 saturated carbocycles. The van der Waals surface area contributed by atoms with Crippen LogP contribution in [0.3, 0.4) is 0 Å². The van der Waals surface area contributed by atoms with E-state index in [9.17, 15) is 8.78 Å². The summed E-state index contributed by atoms with van der Waals surface area (Å²) in [6, 6.07) is 13.9. The van der Waals surface area contributed by atoms with Gasteiger partial charge in [0.25, 0.3) is 0 Å². The first kappa shape index (κ1) is 15.8. The number of rotatable bonds is 3. The second-order valence-electron chi connectivity index (χ2n) is 6.22. The molecule has 1 aromatic heterocycles. The van der Waals surface area contributed by atoms with Crippen molar-refractivity contribution in [2.24, 2.45) is 0 Å². The first-order valence-corrected chi connectivity index (χ1v) is 8.25. The number of benzene rings is 2. The Labute approximate surface area is 145 Å². The number of hydrogen-bond acceptors (Lipinski definition) is 3. The summed E-state index contributed by atoms with van der Waals surface area (Å²) in [6.45, 7) is 2.40. The molecule has 0 saturated heterocycles. The van der Waals surface area contributed by atoms with Gasteiger partial charge >= 0.3 is 0 Å². The zero-order valence-corrected chi connectivity index (χ0v) is 13.6. The number of halogens is 2. The predicted octanol–water partition coefficient (Wildman–Crippen LogP) is 3.98. The van der Waals surface area contributed by atoms with E-state index in [4.69, 9.17) is 0 Å². The lowest BCUT2D eigenvalue weighted by Crippen LogP contribution is -2.31. The highest BCUT2D eigenvalue weighted by atomic mass is 19.1. The first-order valence-electron chi connectivity index (χ1n) is 8.25. The molecule has 2 aromatic carbocycles. The van der Waals surface area contributed by atoms with Crippen LogP contribution in [0, 0.1) is 11.6 Å². The fourth-order valence-electron chi connectivity index (χ4n) is 3.30. The molecule has 0 atom stereocenters. The number of aromatic nitrogens is 2. The van der Waals surface area contributed by atoms with Gasteiger partial charge in [0, 0.05) is 36.8 Å². The first-order chi connectivity index (χ1) is 12.2. The Morgan fingerprint density at radius 3 is 2.64 bits per heavy atom. The van der Waals surface area contributed by atoms with Gasteiger partial charge < -0.3 is 0 Å². The number of nitrogens with zero attached hydrogens (tertiary/aromatic N) is 3. The van der Waals surface area contributed by atoms with Crippen LogP contribution < -0.4 is 0 Å². The van der Waals surface area contributed by atoms with Crippen molar-refractivity contribution >= 4 is 0 Å². The van der Waals surface area contributed by atoms with Crippen LogP contribution in [-0.4, -0.2) is 21.4 Å². The molecule has 25 heavy (non-hydrogen) atoms. The van der Waals surface area contributed by atoms with Crippen LogP contribution in [0.2, 0.25) is 0 Å². The van der Waals surface area contributed by atoms with Crippen molar-refractivity contribution in [3.8, 4) is 11.3 Å². The maximum atomic E-state index is 14.2. The molecule has 5 heteroatoms. The van der Waals surface area contributed by atoms with Crippen molar-refractivity contribution in [1.29, 1.82) is 0 Å². The number of hydrogen-bond donors (Lipinski definition) is 0. The van der Waals surface area contributed by atoms with Gasteiger partial charge in [0.2, 0.25) is 0 Å². The lowest BCUT2D eigenvalue weighted by atomic mass is 9.98. The molecule has 0 fully saturated rings. The zero-order chi connectivity index (χ0) is 17.2. The molecule has 0 unspecified atom stereocenters. The SMILES string of the molecule is Fc1ccc(-c2ncnc3c2CCN(Cc2ccccc2)C3)c(F)c1. The van der Waals surface area contributed by atoms with Gasteiger partial charge in [-0.2, -0.15) is 0 Å². The number of fused-ring (bicyclic) bond motifs is 1. The molecule has 0 bridgehead atoms. The van der Waals surface area contributed by atoms with Crippen LogP contribution >= 0.6 is 0 Å². The van der Waals surface area contributed by atoms with Crippen LogP contribution in [-0.2, 0) is 19.5 Å². The van der Waals surface area contributed by atoms with Gasteiger partial charge in [-0.25, -0.2) is 18.7 Å². The second-order valence-corrected chi connectivity index (χ2v) is 6.22. The highest BCUT2D eigenvalue weighted by Crippen LogP contribution is 2.29. The third-order valence-electron chi connectivity index (χ3n) is 4.52. The van der Waals surface area contributed by atoms with Gasteiger partial charge in [-0.1, -0.05) is 30.3 Å². The fourth-order valence-corrected chi connectivity index (χ4v) is 3.30. The summed E-state index contributed by atoms with van der Waals surface area (Å²) in [4.78, 5) is 11.0. The quantitative estimate of drug-likeness (QED) is 0.724. The summed E-state index contributed by atoms with van der Waals surface area (Å²) < 4.78 is 27.3. The largest absolute Gasteiger partial charge is 0.293 e. The molecular formula is C20H17F2N3. The highest BCUT2D eigenvalue weighted by Gasteiger charge is 2.22. The Morgan fingerprint density at radius 1 is 1.00 bits per heavy atom. The van der Waals surface area contributed by atoms with Crippen molar-refractivity contribution in [3.05, 3.63) is 83.3 Å². The van der Waals surface area contributed by atoms with Gasteiger partial charge in [0.15, 0.2) is 0 Å². The van der Waals surface area contributed by atoms with Crippen LogP contribution in [0.5, 0.6) is 0 Å². The Balaban J connectivity index is 1.62. The van der Waals surface area contributed by atoms with Crippen LogP contribution in [0.1, 0.15) is 16.8 Å². The average Bonchev–Trinajstić information content (AvgIpc) is 2.62. The molecule has 3 aromatic rings. The maximum Gasteiger partial charge on any atom is 0.135 e. The van der Waals surface area contributed by atoms with E-state index in [0.717, 1.165) is 36.8 Å². The average molecular weight is 337 g/mol. The molecule has 0 N–H and O–H groups in total. The lowest BCUT2D eigenvalue weighted by Gasteiger charge is -2.29. The third-order valence-corrected chi connectivity index (χ3v) is 4.52. The summed E-state index contributed by atoms with van der Waals surface area (Å²) in [5, 5.41) is 0. The molecule has 0 spiro atoms. The van der Waals surface area contributed by atoms with Crippen molar-refractivity contribution in [1.82, 2.24) is 14.9 Å². The van der Waals surface area contributed by atoms with E-state index in [1.54, 1.807) is 0 Å². The van der Waals surface area contributed by atoms with Crippen LogP contribution in [0.4, 0.5) is 8.78 Å². The van der Waals surface area contributed by atoms with E-state index >= 15 is 0 Å². The maximum absolute atomic E-state index is 14.2. The molecule has 0 amide bonds. The van der Waals surface area contributed by atoms with E-state index in [1.807, 2.05) is 18.2 Å². The minimum atomic E-state index is -0.590. The molecule has 1 aliphatic rings. The lowest BCUT2D eigenvalue weighted by molar-refractivity contribution is 0.241. The summed E-state index contributed by atoms with van der Waals surface area (Å²) in [6.07, 6.45) is 2.21. The summed E-state index contributed by atoms with van der Waals surface area (Å²) >= 11 is 0. The Kier molecular flexibility index (Phi) is 4.24. The molecule has 2 heterocycles. The van der Waals surface area contributed by atoms with Crippen molar-refractivity contribution in [2.75, 3.05) is 6.54 Å². The standard InChI is InChI=1S/C20H17F2N3/c21-15-6-7-16(18(22)10-15)20-17-8-9-25(12-19(17)23-13-24-20)11-14-4-2-1-3-5-14/h1-7,10,13H,8-9,11-12H2. The molecule has 3 nitrogen and oxygen atoms in total. The van der Waals surface area contributed by atoms with Gasteiger partial charge in [0.05, 0.1) is 11.4 Å². The highest BCUT2D eigenvalue weighted by molar-refractivity contribution is 5.64. The Bertz CT molecular complexity index is 897. The second kappa shape index (κ2) is 6.69. The molecule has 4 rings (SSSR count). The summed E-state index contributed by atoms with van der Waals surface area (Å²) in [5.74, 6) is -1.18. The summed E-state index contributed by atoms with van der Waals surface area (Å²) in [5.41, 5.74) is 4.02. The van der Waals surface area contributed by atoms with Gasteiger partial charge in [0.1, 0.15) is 18.0 Å². The monoisotopic (exact) mass is 337 g/mol. The van der Waals surface area contributed by atoms with Crippen LogP contribution in [0.25, 0.3) is 11.3 Å². The molecule has 0 radical (unpaired) electrons. The van der Waals surface area contributed by atoms with E-state index in [1.165, 1.54) is 24.0 Å². The molecule has 0 aliphatic carbocycles. The van der Waals surface area contributed by atoms with E-state index in [2.05, 4.69) is 27.0 Å². The smallest absolute Gasteiger partial charge is 0.135 e. The minimum Gasteiger partial charge on any atom is -0.293 e. The van der Waals surface area contributed by atoms with Crippen molar-refractivity contribution < 1.29 is 8.78 Å². The van der Waals surface area contributed by atoms with E-state index < -0.39 is 11.6 Å². The van der Waals surface area contributed by atoms with E-state index in [-0.39, 0.29) is 0 Å². The Morgan fingerprint density at radius 2 is 1.84 bits per heavy atom. The summed E-state index contributed by atoms with van der Waals surface area (Å²) in [7, 11) is 0. The van der Waals surface area contributed by atoms with Crippen molar-refractivity contribution in [3.63, 3.8) is 0 Å². The minimum absolute atomic E-state index is 0.330. The predicted molar refractivity (Wildman–Crippen MR) is 91.6 cm³/mol. The Hall–Kier alpha value is -2.66. The van der Waals surface area contributed by atoms with E-state index in [0.29, 0.717) is 17.8 Å². The fraction of sp³-hybridized carbons (Fsp3) is 0.200. The van der Waals surface area contributed by atoms with Gasteiger partial charge in [-0.3, -0.25) is 4.90 Å². The van der Waals surface area contributed by atoms with Crippen molar-refractivity contribution in [2.45, 2.75) is 19.5 Å². The zero-order valence-electron chi connectivity index (χ0n) is 13.6.